The van der Waals surface area contributed by atoms with Crippen LogP contribution in [0, 0.1) is 0 Å². The largest absolute Gasteiger partial charge is 0.490 e. The van der Waals surface area contributed by atoms with E-state index in [0.29, 0.717) is 55.8 Å². The average molecular weight is 424 g/mol. The van der Waals surface area contributed by atoms with Gasteiger partial charge in [0.2, 0.25) is 6.79 Å². The number of ether oxygens (including phenoxy) is 4. The molecule has 2 heterocycles. The molecule has 3 N–H and O–H groups in total. The first-order valence-corrected chi connectivity index (χ1v) is 9.83. The lowest BCUT2D eigenvalue weighted by molar-refractivity contribution is 0.0534. The van der Waals surface area contributed by atoms with Gasteiger partial charge < -0.3 is 34.3 Å². The summed E-state index contributed by atoms with van der Waals surface area (Å²) >= 11 is 0. The van der Waals surface area contributed by atoms with Crippen molar-refractivity contribution in [1.82, 2.24) is 0 Å². The summed E-state index contributed by atoms with van der Waals surface area (Å²) in [6, 6.07) is 8.91. The monoisotopic (exact) mass is 424 g/mol. The summed E-state index contributed by atoms with van der Waals surface area (Å²) in [5.74, 6) is 1.14. The number of cyclic esters (lactones) is 1. The van der Waals surface area contributed by atoms with Crippen LogP contribution in [0.3, 0.4) is 0 Å². The average Bonchev–Trinajstić information content (AvgIpc) is 3.42. The lowest BCUT2D eigenvalue weighted by atomic mass is 9.87. The highest BCUT2D eigenvalue weighted by molar-refractivity contribution is 6.13. The van der Waals surface area contributed by atoms with Crippen LogP contribution in [-0.4, -0.2) is 41.3 Å². The Labute approximate surface area is 177 Å². The van der Waals surface area contributed by atoms with Gasteiger partial charge in [0.1, 0.15) is 19.0 Å². The maximum absolute atomic E-state index is 12.8. The Kier molecular flexibility index (Phi) is 4.90. The van der Waals surface area contributed by atoms with Gasteiger partial charge in [0.05, 0.1) is 25.4 Å². The molecular weight excluding hydrogens is 404 g/mol. The topological polar surface area (TPSA) is 115 Å². The minimum absolute atomic E-state index is 0.0370. The number of fused-ring (bicyclic) bond motifs is 3. The van der Waals surface area contributed by atoms with E-state index in [0.717, 1.165) is 5.56 Å². The van der Waals surface area contributed by atoms with Gasteiger partial charge in [0.15, 0.2) is 11.5 Å². The van der Waals surface area contributed by atoms with Gasteiger partial charge >= 0.3 is 5.97 Å². The van der Waals surface area contributed by atoms with Crippen molar-refractivity contribution in [3.05, 3.63) is 52.6 Å². The lowest BCUT2D eigenvalue weighted by Gasteiger charge is -2.19. The van der Waals surface area contributed by atoms with Crippen LogP contribution in [0.5, 0.6) is 17.2 Å². The zero-order valence-corrected chi connectivity index (χ0v) is 16.5. The summed E-state index contributed by atoms with van der Waals surface area (Å²) in [4.78, 5) is 12.8. The fourth-order valence-corrected chi connectivity index (χ4v) is 4.18. The summed E-state index contributed by atoms with van der Waals surface area (Å²) < 4.78 is 22.1. The molecule has 8 heteroatoms. The fourth-order valence-electron chi connectivity index (χ4n) is 4.18. The number of hydrogen-bond acceptors (Lipinski definition) is 8. The number of aliphatic hydroxyl groups excluding tert-OH is 3. The molecule has 0 unspecified atom stereocenters. The predicted molar refractivity (Wildman–Crippen MR) is 109 cm³/mol. The molecule has 0 spiro atoms. The molecule has 5 rings (SSSR count). The summed E-state index contributed by atoms with van der Waals surface area (Å²) in [6.07, 6.45) is 0. The van der Waals surface area contributed by atoms with Crippen LogP contribution in [-0.2, 0) is 24.6 Å². The SMILES string of the molecule is O=C1OCc2c1c(-c1ccc3c(c1)OCO3)c1cc(CO)c(CO)cc1c2OCCO. The summed E-state index contributed by atoms with van der Waals surface area (Å²) in [5.41, 5.74) is 3.39. The van der Waals surface area contributed by atoms with Crippen molar-refractivity contribution in [2.75, 3.05) is 20.0 Å². The highest BCUT2D eigenvalue weighted by Crippen LogP contribution is 2.47. The number of carbonyl (C=O) groups excluding carboxylic acids is 1. The molecule has 0 aliphatic carbocycles. The first kappa shape index (κ1) is 19.6. The third-order valence-corrected chi connectivity index (χ3v) is 5.57. The molecule has 0 atom stereocenters. The molecular formula is C23H20O8. The van der Waals surface area contributed by atoms with Gasteiger partial charge in [-0.3, -0.25) is 0 Å². The van der Waals surface area contributed by atoms with Crippen molar-refractivity contribution in [2.24, 2.45) is 0 Å². The van der Waals surface area contributed by atoms with E-state index in [4.69, 9.17) is 18.9 Å². The van der Waals surface area contributed by atoms with Crippen molar-refractivity contribution < 1.29 is 39.1 Å². The van der Waals surface area contributed by atoms with E-state index in [1.54, 1.807) is 24.3 Å². The molecule has 0 aromatic heterocycles. The molecule has 3 aromatic carbocycles. The van der Waals surface area contributed by atoms with Gasteiger partial charge in [0.25, 0.3) is 0 Å². The van der Waals surface area contributed by atoms with E-state index in [2.05, 4.69) is 0 Å². The molecule has 0 fully saturated rings. The third kappa shape index (κ3) is 3.07. The van der Waals surface area contributed by atoms with Crippen LogP contribution >= 0.6 is 0 Å². The number of hydrogen-bond donors (Lipinski definition) is 3. The Balaban J connectivity index is 1.87. The molecule has 0 radical (unpaired) electrons. The molecule has 31 heavy (non-hydrogen) atoms. The smallest absolute Gasteiger partial charge is 0.339 e. The summed E-state index contributed by atoms with van der Waals surface area (Å²) in [7, 11) is 0. The number of carbonyl (C=O) groups is 1. The standard InChI is InChI=1S/C23H20O8/c24-3-4-28-22-16-6-14(9-26)13(8-25)5-15(16)20(21-17(22)10-29-23(21)27)12-1-2-18-19(7-12)31-11-30-18/h1-2,5-7,24-26H,3-4,8-11H2. The molecule has 0 saturated heterocycles. The van der Waals surface area contributed by atoms with Crippen LogP contribution in [0.4, 0.5) is 0 Å². The lowest BCUT2D eigenvalue weighted by Crippen LogP contribution is -2.07. The van der Waals surface area contributed by atoms with Crippen LogP contribution < -0.4 is 14.2 Å². The second-order valence-electron chi connectivity index (χ2n) is 7.26. The quantitative estimate of drug-likeness (QED) is 0.517. The highest BCUT2D eigenvalue weighted by atomic mass is 16.7. The molecule has 0 amide bonds. The van der Waals surface area contributed by atoms with Gasteiger partial charge in [-0.1, -0.05) is 6.07 Å². The van der Waals surface area contributed by atoms with Crippen molar-refractivity contribution in [1.29, 1.82) is 0 Å². The molecule has 0 saturated carbocycles. The number of rotatable bonds is 6. The highest BCUT2D eigenvalue weighted by Gasteiger charge is 2.33. The molecule has 0 bridgehead atoms. The molecule has 2 aliphatic rings. The predicted octanol–water partition coefficient (Wildman–Crippen LogP) is 2.26. The van der Waals surface area contributed by atoms with E-state index in [1.165, 1.54) is 0 Å². The molecule has 3 aromatic rings. The van der Waals surface area contributed by atoms with E-state index >= 15 is 0 Å². The van der Waals surface area contributed by atoms with E-state index in [-0.39, 0.29) is 39.8 Å². The summed E-state index contributed by atoms with van der Waals surface area (Å²) in [6.45, 7) is -0.537. The Bertz CT molecular complexity index is 1200. The Morgan fingerprint density at radius 2 is 1.61 bits per heavy atom. The third-order valence-electron chi connectivity index (χ3n) is 5.57. The van der Waals surface area contributed by atoms with Gasteiger partial charge in [-0.15, -0.1) is 0 Å². The maximum atomic E-state index is 12.8. The van der Waals surface area contributed by atoms with Crippen LogP contribution in [0.1, 0.15) is 27.0 Å². The number of esters is 1. The van der Waals surface area contributed by atoms with Gasteiger partial charge in [-0.05, 0) is 46.3 Å². The zero-order valence-electron chi connectivity index (χ0n) is 16.5. The van der Waals surface area contributed by atoms with E-state index in [1.807, 2.05) is 6.07 Å². The normalized spacial score (nSPS) is 14.1. The van der Waals surface area contributed by atoms with Crippen LogP contribution in [0.25, 0.3) is 21.9 Å². The molecule has 160 valence electrons. The van der Waals surface area contributed by atoms with Crippen molar-refractivity contribution in [3.8, 4) is 28.4 Å². The zero-order chi connectivity index (χ0) is 21.5. The molecule has 8 nitrogen and oxygen atoms in total. The Morgan fingerprint density at radius 1 is 0.871 bits per heavy atom. The first-order chi connectivity index (χ1) is 15.2. The number of aliphatic hydroxyl groups is 3. The van der Waals surface area contributed by atoms with Crippen LogP contribution in [0.15, 0.2) is 30.3 Å². The number of benzene rings is 3. The Hall–Kier alpha value is -3.33. The Morgan fingerprint density at radius 3 is 2.35 bits per heavy atom. The first-order valence-electron chi connectivity index (χ1n) is 9.83. The van der Waals surface area contributed by atoms with Crippen molar-refractivity contribution >= 4 is 16.7 Å². The second-order valence-corrected chi connectivity index (χ2v) is 7.26. The van der Waals surface area contributed by atoms with Crippen molar-refractivity contribution in [2.45, 2.75) is 19.8 Å². The van der Waals surface area contributed by atoms with Gasteiger partial charge in [-0.25, -0.2) is 4.79 Å². The minimum atomic E-state index is -0.477. The summed E-state index contributed by atoms with van der Waals surface area (Å²) in [5, 5.41) is 30.2. The van der Waals surface area contributed by atoms with Crippen LogP contribution in [0.2, 0.25) is 0 Å². The molecule has 2 aliphatic heterocycles. The fraction of sp³-hybridized carbons (Fsp3) is 0.261. The van der Waals surface area contributed by atoms with Gasteiger partial charge in [0, 0.05) is 16.5 Å². The van der Waals surface area contributed by atoms with Crippen molar-refractivity contribution in [3.63, 3.8) is 0 Å². The maximum Gasteiger partial charge on any atom is 0.339 e. The minimum Gasteiger partial charge on any atom is -0.490 e. The van der Waals surface area contributed by atoms with E-state index < -0.39 is 5.97 Å². The van der Waals surface area contributed by atoms with E-state index in [9.17, 15) is 20.1 Å². The van der Waals surface area contributed by atoms with Gasteiger partial charge in [-0.2, -0.15) is 0 Å². The second kappa shape index (κ2) is 7.73.